The summed E-state index contributed by atoms with van der Waals surface area (Å²) in [5.41, 5.74) is 2.98. The van der Waals surface area contributed by atoms with E-state index in [1.54, 1.807) is 17.7 Å². The van der Waals surface area contributed by atoms with Gasteiger partial charge in [-0.05, 0) is 56.2 Å². The largest absolute Gasteiger partial charge is 0.508 e. The average Bonchev–Trinajstić information content (AvgIpc) is 2.30. The van der Waals surface area contributed by atoms with Crippen molar-refractivity contribution in [1.82, 2.24) is 0 Å². The van der Waals surface area contributed by atoms with Crippen LogP contribution >= 0.6 is 0 Å². The molecular formula is C14H18O. The quantitative estimate of drug-likeness (QED) is 0.682. The lowest BCUT2D eigenvalue weighted by Crippen LogP contribution is -2.06. The van der Waals surface area contributed by atoms with Gasteiger partial charge in [-0.1, -0.05) is 23.8 Å². The first-order valence-electron chi connectivity index (χ1n) is 5.72. The van der Waals surface area contributed by atoms with E-state index >= 15 is 0 Å². The third-order valence-corrected chi connectivity index (χ3v) is 3.40. The Morgan fingerprint density at radius 3 is 2.27 bits per heavy atom. The highest BCUT2D eigenvalue weighted by molar-refractivity contribution is 5.29. The van der Waals surface area contributed by atoms with Gasteiger partial charge in [-0.15, -0.1) is 0 Å². The maximum atomic E-state index is 9.23. The molecule has 0 atom stereocenters. The fraction of sp³-hybridized carbons (Fsp3) is 0.429. The van der Waals surface area contributed by atoms with E-state index in [1.807, 2.05) is 0 Å². The van der Waals surface area contributed by atoms with E-state index < -0.39 is 0 Å². The summed E-state index contributed by atoms with van der Waals surface area (Å²) in [5.74, 6) is 1.05. The van der Waals surface area contributed by atoms with E-state index in [-0.39, 0.29) is 0 Å². The number of aromatic hydroxyl groups is 1. The first kappa shape index (κ1) is 10.3. The van der Waals surface area contributed by atoms with Crippen molar-refractivity contribution in [2.75, 3.05) is 0 Å². The number of rotatable bonds is 1. The van der Waals surface area contributed by atoms with E-state index in [2.05, 4.69) is 25.1 Å². The summed E-state index contributed by atoms with van der Waals surface area (Å²) in [7, 11) is 0. The highest BCUT2D eigenvalue weighted by atomic mass is 16.3. The number of hydrogen-bond acceptors (Lipinski definition) is 1. The van der Waals surface area contributed by atoms with Crippen LogP contribution in [0.15, 0.2) is 35.9 Å². The molecule has 1 N–H and O–H groups in total. The smallest absolute Gasteiger partial charge is 0.115 e. The Kier molecular flexibility index (Phi) is 3.10. The van der Waals surface area contributed by atoms with Crippen molar-refractivity contribution in [3.63, 3.8) is 0 Å². The van der Waals surface area contributed by atoms with Crippen molar-refractivity contribution in [2.24, 2.45) is 0 Å². The molecule has 0 heterocycles. The monoisotopic (exact) mass is 202 g/mol. The molecule has 1 heteroatoms. The minimum atomic E-state index is 0.365. The van der Waals surface area contributed by atoms with Crippen LogP contribution in [0.3, 0.4) is 0 Å². The van der Waals surface area contributed by atoms with E-state index in [0.29, 0.717) is 11.7 Å². The van der Waals surface area contributed by atoms with Gasteiger partial charge in [0.25, 0.3) is 0 Å². The second-order valence-electron chi connectivity index (χ2n) is 4.31. The second kappa shape index (κ2) is 4.52. The Labute approximate surface area is 91.4 Å². The van der Waals surface area contributed by atoms with Crippen LogP contribution < -0.4 is 0 Å². The van der Waals surface area contributed by atoms with Gasteiger partial charge in [-0.3, -0.25) is 0 Å². The fourth-order valence-corrected chi connectivity index (χ4v) is 2.36. The van der Waals surface area contributed by atoms with Crippen LogP contribution in [0, 0.1) is 0 Å². The Balaban J connectivity index is 2.04. The maximum Gasteiger partial charge on any atom is 0.115 e. The second-order valence-corrected chi connectivity index (χ2v) is 4.31. The summed E-state index contributed by atoms with van der Waals surface area (Å²) in [6, 6.07) is 7.70. The lowest BCUT2D eigenvalue weighted by Gasteiger charge is -2.24. The third-order valence-electron chi connectivity index (χ3n) is 3.40. The van der Waals surface area contributed by atoms with Crippen molar-refractivity contribution in [3.05, 3.63) is 41.5 Å². The lowest BCUT2D eigenvalue weighted by molar-refractivity contribution is 0.473. The molecule has 0 bridgehead atoms. The molecule has 15 heavy (non-hydrogen) atoms. The van der Waals surface area contributed by atoms with Crippen molar-refractivity contribution in [3.8, 4) is 5.75 Å². The molecule has 0 saturated heterocycles. The summed E-state index contributed by atoms with van der Waals surface area (Å²) < 4.78 is 0. The summed E-state index contributed by atoms with van der Waals surface area (Å²) in [5, 5.41) is 9.23. The Bertz CT molecular complexity index is 338. The zero-order valence-electron chi connectivity index (χ0n) is 9.24. The van der Waals surface area contributed by atoms with E-state index in [9.17, 15) is 5.11 Å². The van der Waals surface area contributed by atoms with Crippen LogP contribution in [0.4, 0.5) is 0 Å². The zero-order chi connectivity index (χ0) is 10.7. The topological polar surface area (TPSA) is 20.2 Å². The number of hydrogen-bond donors (Lipinski definition) is 1. The molecule has 0 aliphatic heterocycles. The summed E-state index contributed by atoms with van der Waals surface area (Å²) in [6.07, 6.45) is 7.24. The molecule has 1 aromatic rings. The van der Waals surface area contributed by atoms with Crippen LogP contribution in [-0.2, 0) is 0 Å². The highest BCUT2D eigenvalue weighted by Crippen LogP contribution is 2.35. The van der Waals surface area contributed by atoms with Gasteiger partial charge in [0.2, 0.25) is 0 Å². The standard InChI is InChI=1S/C14H18O/c1-2-11-3-5-12(6-4-11)13-7-9-14(15)10-8-13/h2,7-10,12,15H,3-6H2,1H3. The predicted octanol–water partition coefficient (Wildman–Crippen LogP) is 4.00. The number of phenolic OH excluding ortho intramolecular Hbond substituents is 1. The Morgan fingerprint density at radius 2 is 1.73 bits per heavy atom. The molecule has 1 aliphatic carbocycles. The molecule has 1 aliphatic rings. The van der Waals surface area contributed by atoms with Crippen LogP contribution in [0.1, 0.15) is 44.1 Å². The van der Waals surface area contributed by atoms with Crippen molar-refractivity contribution < 1.29 is 5.11 Å². The molecule has 0 aromatic heterocycles. The van der Waals surface area contributed by atoms with Gasteiger partial charge in [0.1, 0.15) is 5.75 Å². The van der Waals surface area contributed by atoms with Gasteiger partial charge in [-0.25, -0.2) is 0 Å². The SMILES string of the molecule is CC=C1CCC(c2ccc(O)cc2)CC1. The molecule has 0 radical (unpaired) electrons. The summed E-state index contributed by atoms with van der Waals surface area (Å²) >= 11 is 0. The van der Waals surface area contributed by atoms with E-state index in [4.69, 9.17) is 0 Å². The maximum absolute atomic E-state index is 9.23. The van der Waals surface area contributed by atoms with Crippen molar-refractivity contribution >= 4 is 0 Å². The van der Waals surface area contributed by atoms with Gasteiger partial charge in [0, 0.05) is 0 Å². The number of benzene rings is 1. The minimum absolute atomic E-state index is 0.365. The van der Waals surface area contributed by atoms with Crippen molar-refractivity contribution in [1.29, 1.82) is 0 Å². The molecule has 1 aromatic carbocycles. The van der Waals surface area contributed by atoms with Crippen LogP contribution in [0.25, 0.3) is 0 Å². The lowest BCUT2D eigenvalue weighted by atomic mass is 9.81. The number of phenols is 1. The summed E-state index contributed by atoms with van der Waals surface area (Å²) in [4.78, 5) is 0. The molecule has 1 saturated carbocycles. The molecule has 1 nitrogen and oxygen atoms in total. The Morgan fingerprint density at radius 1 is 1.13 bits per heavy atom. The molecule has 1 fully saturated rings. The predicted molar refractivity (Wildman–Crippen MR) is 63.1 cm³/mol. The van der Waals surface area contributed by atoms with E-state index in [0.717, 1.165) is 0 Å². The van der Waals surface area contributed by atoms with Crippen LogP contribution in [0.2, 0.25) is 0 Å². The van der Waals surface area contributed by atoms with Crippen LogP contribution in [-0.4, -0.2) is 5.11 Å². The van der Waals surface area contributed by atoms with Gasteiger partial charge < -0.3 is 5.11 Å². The fourth-order valence-electron chi connectivity index (χ4n) is 2.36. The molecule has 0 unspecified atom stereocenters. The van der Waals surface area contributed by atoms with E-state index in [1.165, 1.54) is 31.2 Å². The number of allylic oxidation sites excluding steroid dienone is 2. The average molecular weight is 202 g/mol. The van der Waals surface area contributed by atoms with Gasteiger partial charge in [0.05, 0.1) is 0 Å². The first-order chi connectivity index (χ1) is 7.29. The Hall–Kier alpha value is -1.24. The molecule has 0 amide bonds. The normalized spacial score (nSPS) is 21.4. The molecule has 0 spiro atoms. The van der Waals surface area contributed by atoms with Crippen LogP contribution in [0.5, 0.6) is 5.75 Å². The van der Waals surface area contributed by atoms with Gasteiger partial charge in [0.15, 0.2) is 0 Å². The minimum Gasteiger partial charge on any atom is -0.508 e. The van der Waals surface area contributed by atoms with Gasteiger partial charge >= 0.3 is 0 Å². The molecule has 80 valence electrons. The first-order valence-corrected chi connectivity index (χ1v) is 5.72. The third kappa shape index (κ3) is 2.41. The zero-order valence-corrected chi connectivity index (χ0v) is 9.24. The van der Waals surface area contributed by atoms with Crippen molar-refractivity contribution in [2.45, 2.75) is 38.5 Å². The van der Waals surface area contributed by atoms with Gasteiger partial charge in [-0.2, -0.15) is 0 Å². The summed E-state index contributed by atoms with van der Waals surface area (Å²) in [6.45, 7) is 2.14. The molecular weight excluding hydrogens is 184 g/mol. The molecule has 2 rings (SSSR count). The highest BCUT2D eigenvalue weighted by Gasteiger charge is 2.17.